The van der Waals surface area contributed by atoms with Crippen molar-refractivity contribution in [3.8, 4) is 0 Å². The molecule has 0 aliphatic carbocycles. The normalized spacial score (nSPS) is 25.2. The van der Waals surface area contributed by atoms with Crippen LogP contribution in [-0.2, 0) is 22.2 Å². The summed E-state index contributed by atoms with van der Waals surface area (Å²) in [5, 5.41) is 2.36. The van der Waals surface area contributed by atoms with Crippen LogP contribution in [0.2, 0.25) is 0 Å². The average molecular weight is 520 g/mol. The SMILES string of the molecule is O=C1NC(=O)[C@]2(Cc3cc(C(F)(F)F)ccc3N3CC[C@H](c4ccccc4)C[C@@H]32)C(=O)N1c1ccccc1. The van der Waals surface area contributed by atoms with Crippen LogP contribution < -0.4 is 15.1 Å². The monoisotopic (exact) mass is 519 g/mol. The summed E-state index contributed by atoms with van der Waals surface area (Å²) in [6.07, 6.45) is -3.69. The quantitative estimate of drug-likeness (QED) is 0.468. The Labute approximate surface area is 217 Å². The van der Waals surface area contributed by atoms with Gasteiger partial charge in [-0.1, -0.05) is 48.5 Å². The van der Waals surface area contributed by atoms with Crippen LogP contribution in [0.25, 0.3) is 0 Å². The van der Waals surface area contributed by atoms with Gasteiger partial charge in [-0.3, -0.25) is 14.9 Å². The summed E-state index contributed by atoms with van der Waals surface area (Å²) in [4.78, 5) is 43.8. The van der Waals surface area contributed by atoms with E-state index >= 15 is 0 Å². The molecule has 0 bridgehead atoms. The molecule has 2 fully saturated rings. The molecule has 3 aliphatic rings. The highest BCUT2D eigenvalue weighted by atomic mass is 19.4. The fourth-order valence-corrected chi connectivity index (χ4v) is 6.27. The summed E-state index contributed by atoms with van der Waals surface area (Å²) in [5.41, 5.74) is -0.416. The van der Waals surface area contributed by atoms with Crippen molar-refractivity contribution in [2.75, 3.05) is 16.3 Å². The van der Waals surface area contributed by atoms with E-state index in [2.05, 4.69) is 5.32 Å². The van der Waals surface area contributed by atoms with E-state index in [0.717, 1.165) is 22.6 Å². The van der Waals surface area contributed by atoms with Crippen LogP contribution in [-0.4, -0.2) is 30.4 Å². The molecule has 1 N–H and O–H groups in total. The molecule has 1 spiro atoms. The molecule has 4 amide bonds. The van der Waals surface area contributed by atoms with Gasteiger partial charge in [-0.25, -0.2) is 9.69 Å². The Morgan fingerprint density at radius 2 is 1.58 bits per heavy atom. The second-order valence-electron chi connectivity index (χ2n) is 10.1. The third kappa shape index (κ3) is 3.68. The van der Waals surface area contributed by atoms with Gasteiger partial charge in [0.1, 0.15) is 0 Å². The van der Waals surface area contributed by atoms with Crippen LogP contribution in [0.4, 0.5) is 29.3 Å². The van der Waals surface area contributed by atoms with Crippen molar-refractivity contribution in [2.45, 2.75) is 37.4 Å². The van der Waals surface area contributed by atoms with Gasteiger partial charge in [0.05, 0.1) is 17.3 Å². The zero-order chi connectivity index (χ0) is 26.7. The Hall–Kier alpha value is -4.14. The van der Waals surface area contributed by atoms with Gasteiger partial charge in [0.25, 0.3) is 5.91 Å². The van der Waals surface area contributed by atoms with Crippen LogP contribution in [0, 0.1) is 5.41 Å². The maximum atomic E-state index is 14.3. The van der Waals surface area contributed by atoms with Crippen LogP contribution in [0.1, 0.15) is 35.4 Å². The average Bonchev–Trinajstić information content (AvgIpc) is 2.92. The number of amides is 4. The Balaban J connectivity index is 1.51. The third-order valence-corrected chi connectivity index (χ3v) is 8.06. The number of piperidine rings is 1. The standard InChI is InChI=1S/C29H24F3N3O3/c30-29(31,32)21-11-12-23-20(15-21)17-28(24-16-19(13-14-34(23)24)18-7-3-1-4-8-18)25(36)33-27(38)35(26(28)37)22-9-5-2-6-10-22/h1-12,15,19,24H,13-14,16-17H2,(H,33,36,38)/t19-,24+,28+/m0/s1. The first-order chi connectivity index (χ1) is 18.2. The molecule has 38 heavy (non-hydrogen) atoms. The number of alkyl halides is 3. The number of benzene rings is 3. The molecule has 6 rings (SSSR count). The fraction of sp³-hybridized carbons (Fsp3) is 0.276. The van der Waals surface area contributed by atoms with Gasteiger partial charge in [-0.2, -0.15) is 13.2 Å². The maximum absolute atomic E-state index is 14.3. The van der Waals surface area contributed by atoms with E-state index < -0.39 is 41.0 Å². The molecule has 9 heteroatoms. The number of hydrogen-bond acceptors (Lipinski definition) is 4. The molecule has 3 heterocycles. The van der Waals surface area contributed by atoms with Crippen molar-refractivity contribution < 1.29 is 27.6 Å². The first-order valence-electron chi connectivity index (χ1n) is 12.5. The first kappa shape index (κ1) is 24.2. The third-order valence-electron chi connectivity index (χ3n) is 8.06. The molecule has 0 radical (unpaired) electrons. The molecule has 3 aromatic rings. The highest BCUT2D eigenvalue weighted by Gasteiger charge is 2.63. The lowest BCUT2D eigenvalue weighted by molar-refractivity contribution is -0.145. The van der Waals surface area contributed by atoms with Crippen molar-refractivity contribution in [1.29, 1.82) is 0 Å². The number of fused-ring (bicyclic) bond motifs is 4. The minimum absolute atomic E-state index is 0.0359. The molecule has 6 nitrogen and oxygen atoms in total. The molecular weight excluding hydrogens is 495 g/mol. The Kier molecular flexibility index (Phi) is 5.55. The Bertz CT molecular complexity index is 1430. The molecule has 194 valence electrons. The van der Waals surface area contributed by atoms with Crippen LogP contribution >= 0.6 is 0 Å². The lowest BCUT2D eigenvalue weighted by Crippen LogP contribution is -2.73. The number of nitrogens with one attached hydrogen (secondary N) is 1. The van der Waals surface area contributed by atoms with Gasteiger partial charge >= 0.3 is 12.2 Å². The number of anilines is 2. The minimum atomic E-state index is -4.58. The van der Waals surface area contributed by atoms with E-state index in [1.165, 1.54) is 6.07 Å². The van der Waals surface area contributed by atoms with Crippen molar-refractivity contribution >= 4 is 29.2 Å². The lowest BCUT2D eigenvalue weighted by Gasteiger charge is -2.55. The highest BCUT2D eigenvalue weighted by Crippen LogP contribution is 2.51. The number of urea groups is 1. The number of nitrogens with zero attached hydrogens (tertiary/aromatic N) is 2. The first-order valence-corrected chi connectivity index (χ1v) is 12.5. The summed E-state index contributed by atoms with van der Waals surface area (Å²) in [7, 11) is 0. The second-order valence-corrected chi connectivity index (χ2v) is 10.1. The van der Waals surface area contributed by atoms with Crippen molar-refractivity contribution in [3.63, 3.8) is 0 Å². The smallest absolute Gasteiger partial charge is 0.367 e. The number of rotatable bonds is 2. The van der Waals surface area contributed by atoms with Gasteiger partial charge < -0.3 is 4.90 Å². The van der Waals surface area contributed by atoms with Gasteiger partial charge in [-0.05, 0) is 66.6 Å². The van der Waals surface area contributed by atoms with Gasteiger partial charge in [0.2, 0.25) is 5.91 Å². The van der Waals surface area contributed by atoms with E-state index in [0.29, 0.717) is 30.8 Å². The lowest BCUT2D eigenvalue weighted by atomic mass is 9.64. The molecule has 0 saturated carbocycles. The van der Waals surface area contributed by atoms with Gasteiger partial charge in [-0.15, -0.1) is 0 Å². The fourth-order valence-electron chi connectivity index (χ4n) is 6.27. The van der Waals surface area contributed by atoms with Crippen molar-refractivity contribution in [2.24, 2.45) is 5.41 Å². The molecular formula is C29H24F3N3O3. The van der Waals surface area contributed by atoms with E-state index in [-0.39, 0.29) is 17.9 Å². The zero-order valence-electron chi connectivity index (χ0n) is 20.2. The van der Waals surface area contributed by atoms with E-state index in [9.17, 15) is 27.6 Å². The number of halogens is 3. The summed E-state index contributed by atoms with van der Waals surface area (Å²) in [6.45, 7) is 0.449. The van der Waals surface area contributed by atoms with Gasteiger partial charge in [0.15, 0.2) is 5.41 Å². The van der Waals surface area contributed by atoms with Crippen molar-refractivity contribution in [1.82, 2.24) is 5.32 Å². The number of barbiturate groups is 1. The predicted octanol–water partition coefficient (Wildman–Crippen LogP) is 5.28. The molecule has 3 aliphatic heterocycles. The summed E-state index contributed by atoms with van der Waals surface area (Å²) in [5.74, 6) is -1.45. The van der Waals surface area contributed by atoms with Crippen LogP contribution in [0.3, 0.4) is 0 Å². The Morgan fingerprint density at radius 1 is 0.895 bits per heavy atom. The summed E-state index contributed by atoms with van der Waals surface area (Å²) >= 11 is 0. The van der Waals surface area contributed by atoms with E-state index in [4.69, 9.17) is 0 Å². The molecule has 2 saturated heterocycles. The second kappa shape index (κ2) is 8.72. The summed E-state index contributed by atoms with van der Waals surface area (Å²) < 4.78 is 40.9. The number of imide groups is 2. The predicted molar refractivity (Wildman–Crippen MR) is 135 cm³/mol. The topological polar surface area (TPSA) is 69.7 Å². The van der Waals surface area contributed by atoms with Crippen LogP contribution in [0.5, 0.6) is 0 Å². The number of carbonyl (C=O) groups excluding carboxylic acids is 3. The summed E-state index contributed by atoms with van der Waals surface area (Å²) in [6, 6.07) is 20.0. The Morgan fingerprint density at radius 3 is 2.26 bits per heavy atom. The highest BCUT2D eigenvalue weighted by molar-refractivity contribution is 6.30. The van der Waals surface area contributed by atoms with E-state index in [1.54, 1.807) is 30.3 Å². The van der Waals surface area contributed by atoms with E-state index in [1.807, 2.05) is 35.2 Å². The largest absolute Gasteiger partial charge is 0.416 e. The van der Waals surface area contributed by atoms with Crippen molar-refractivity contribution in [3.05, 3.63) is 95.6 Å². The maximum Gasteiger partial charge on any atom is 0.416 e. The molecule has 0 aromatic heterocycles. The molecule has 0 unspecified atom stereocenters. The number of hydrogen-bond donors (Lipinski definition) is 1. The zero-order valence-corrected chi connectivity index (χ0v) is 20.2. The minimum Gasteiger partial charge on any atom is -0.367 e. The molecule has 3 aromatic carbocycles. The van der Waals surface area contributed by atoms with Crippen LogP contribution in [0.15, 0.2) is 78.9 Å². The van der Waals surface area contributed by atoms with Gasteiger partial charge in [0, 0.05) is 12.2 Å². The number of carbonyl (C=O) groups is 3. The number of para-hydroxylation sites is 1. The molecule has 3 atom stereocenters.